The summed E-state index contributed by atoms with van der Waals surface area (Å²) in [6.07, 6.45) is 44.8. The van der Waals surface area contributed by atoms with Gasteiger partial charge in [-0.15, -0.1) is 23.2 Å². The lowest BCUT2D eigenvalue weighted by atomic mass is 9.42. The smallest absolute Gasteiger partial charge is 0.100 e. The lowest BCUT2D eigenvalue weighted by Crippen LogP contribution is -2.66. The second-order valence-electron chi connectivity index (χ2n) is 17.7. The molecule has 0 atom stereocenters. The molecule has 0 aromatic heterocycles. The van der Waals surface area contributed by atoms with Crippen molar-refractivity contribution in [3.8, 4) is 0 Å². The monoisotopic (exact) mass is 649 g/mol. The summed E-state index contributed by atoms with van der Waals surface area (Å²) in [5.74, 6) is 5.99. The van der Waals surface area contributed by atoms with E-state index in [9.17, 15) is 0 Å². The largest absolute Gasteiger partial charge is 0.129 e. The second kappa shape index (κ2) is 17.3. The molecule has 0 radical (unpaired) electrons. The summed E-state index contributed by atoms with van der Waals surface area (Å²) < 4.78 is -0.459. The van der Waals surface area contributed by atoms with Crippen molar-refractivity contribution in [2.24, 2.45) is 46.3 Å². The number of hydrogen-bond donors (Lipinski definition) is 0. The first-order valence-corrected chi connectivity index (χ1v) is 21.6. The summed E-state index contributed by atoms with van der Waals surface area (Å²) >= 11 is 15.0. The number of unbranched alkanes of at least 4 members (excludes halogenated alkanes) is 10. The normalized spacial score (nSPS) is 39.0. The molecule has 0 aliphatic heterocycles. The Balaban J connectivity index is 0.968. The van der Waals surface area contributed by atoms with Gasteiger partial charge in [-0.25, -0.2) is 0 Å². The average molecular weight is 650 g/mol. The standard InChI is InChI=1S/C42H74Cl2/c1-3-5-7-9-11-13-15-34-17-21-36(22-18-34)38-25-29-40(30-26-38)33-41(42(40,43)44)31-27-39(28-32-41)37-23-19-35(20-24-37)16-14-12-10-8-6-4-2/h34-39H,3-33H2,1-2H3/t34?,35?,36?,37?,38-,39?,40-,41-. The molecule has 0 saturated heterocycles. The topological polar surface area (TPSA) is 0 Å². The van der Waals surface area contributed by atoms with Gasteiger partial charge in [-0.1, -0.05) is 129 Å². The summed E-state index contributed by atoms with van der Waals surface area (Å²) in [5.41, 5.74) is 0.478. The van der Waals surface area contributed by atoms with E-state index in [0.29, 0.717) is 0 Å². The zero-order valence-electron chi connectivity index (χ0n) is 29.6. The fourth-order valence-corrected chi connectivity index (χ4v) is 13.0. The third kappa shape index (κ3) is 8.59. The lowest BCUT2D eigenvalue weighted by Gasteiger charge is -2.69. The van der Waals surface area contributed by atoms with Crippen LogP contribution in [0.1, 0.15) is 213 Å². The van der Waals surface area contributed by atoms with Gasteiger partial charge in [0.25, 0.3) is 0 Å². The molecule has 0 N–H and O–H groups in total. The minimum atomic E-state index is -0.459. The van der Waals surface area contributed by atoms with Gasteiger partial charge >= 0.3 is 0 Å². The zero-order valence-corrected chi connectivity index (χ0v) is 31.2. The highest BCUT2D eigenvalue weighted by Crippen LogP contribution is 2.77. The van der Waals surface area contributed by atoms with Crippen molar-refractivity contribution in [1.82, 2.24) is 0 Å². The molecular formula is C42H74Cl2. The van der Waals surface area contributed by atoms with Gasteiger partial charge in [0.1, 0.15) is 4.33 Å². The third-order valence-corrected chi connectivity index (χ3v) is 16.6. The zero-order chi connectivity index (χ0) is 30.9. The number of hydrogen-bond acceptors (Lipinski definition) is 0. The third-order valence-electron chi connectivity index (χ3n) is 15.0. The molecule has 5 rings (SSSR count). The number of rotatable bonds is 16. The summed E-state index contributed by atoms with van der Waals surface area (Å²) in [6.45, 7) is 4.64. The summed E-state index contributed by atoms with van der Waals surface area (Å²) in [4.78, 5) is 0. The average Bonchev–Trinajstić information content (AvgIpc) is 3.05. The van der Waals surface area contributed by atoms with E-state index in [-0.39, 0.29) is 10.8 Å². The first-order valence-electron chi connectivity index (χ1n) is 20.8. The molecule has 0 aromatic rings. The Labute approximate surface area is 285 Å². The molecule has 0 heterocycles. The molecule has 0 bridgehead atoms. The van der Waals surface area contributed by atoms with Crippen LogP contribution in [0, 0.1) is 46.3 Å². The molecule has 0 unspecified atom stereocenters. The molecule has 2 spiro atoms. The molecule has 0 aromatic carbocycles. The molecule has 256 valence electrons. The molecule has 5 saturated carbocycles. The van der Waals surface area contributed by atoms with E-state index >= 15 is 0 Å². The maximum Gasteiger partial charge on any atom is 0.129 e. The summed E-state index contributed by atoms with van der Waals surface area (Å²) in [7, 11) is 0. The van der Waals surface area contributed by atoms with Crippen LogP contribution in [0.5, 0.6) is 0 Å². The van der Waals surface area contributed by atoms with Crippen LogP contribution in [-0.2, 0) is 0 Å². The van der Waals surface area contributed by atoms with Gasteiger partial charge in [0.05, 0.1) is 0 Å². The van der Waals surface area contributed by atoms with E-state index in [2.05, 4.69) is 13.8 Å². The summed E-state index contributed by atoms with van der Waals surface area (Å²) in [5, 5.41) is 0. The highest BCUT2D eigenvalue weighted by Gasteiger charge is 2.72. The van der Waals surface area contributed by atoms with E-state index in [1.807, 2.05) is 0 Å². The second-order valence-corrected chi connectivity index (χ2v) is 19.0. The van der Waals surface area contributed by atoms with Gasteiger partial charge in [-0.3, -0.25) is 0 Å². The van der Waals surface area contributed by atoms with Crippen molar-refractivity contribution in [2.75, 3.05) is 0 Å². The van der Waals surface area contributed by atoms with Gasteiger partial charge in [0.15, 0.2) is 0 Å². The highest BCUT2D eigenvalue weighted by molar-refractivity contribution is 6.50. The fourth-order valence-electron chi connectivity index (χ4n) is 12.0. The van der Waals surface area contributed by atoms with Crippen LogP contribution in [0.3, 0.4) is 0 Å². The Bertz CT molecular complexity index is 721. The predicted molar refractivity (Wildman–Crippen MR) is 195 cm³/mol. The lowest BCUT2D eigenvalue weighted by molar-refractivity contribution is -0.122. The Morgan fingerprint density at radius 2 is 0.727 bits per heavy atom. The minimum Gasteiger partial charge on any atom is -0.100 e. The Morgan fingerprint density at radius 1 is 0.409 bits per heavy atom. The molecule has 5 fully saturated rings. The van der Waals surface area contributed by atoms with Gasteiger partial charge in [-0.05, 0) is 119 Å². The van der Waals surface area contributed by atoms with Crippen molar-refractivity contribution in [1.29, 1.82) is 0 Å². The first kappa shape index (κ1) is 35.9. The van der Waals surface area contributed by atoms with Crippen LogP contribution < -0.4 is 0 Å². The maximum atomic E-state index is 7.52. The summed E-state index contributed by atoms with van der Waals surface area (Å²) in [6, 6.07) is 0. The molecule has 44 heavy (non-hydrogen) atoms. The van der Waals surface area contributed by atoms with Crippen molar-refractivity contribution in [3.63, 3.8) is 0 Å². The molecule has 0 amide bonds. The molecule has 5 aliphatic carbocycles. The molecule has 2 heteroatoms. The Hall–Kier alpha value is 0.580. The molecule has 5 aliphatic rings. The minimum absolute atomic E-state index is 0.239. The van der Waals surface area contributed by atoms with Gasteiger partial charge in [0.2, 0.25) is 0 Å². The number of halogens is 2. The quantitative estimate of drug-likeness (QED) is 0.115. The van der Waals surface area contributed by atoms with E-state index in [4.69, 9.17) is 23.2 Å². The maximum absolute atomic E-state index is 7.52. The van der Waals surface area contributed by atoms with Gasteiger partial charge in [0, 0.05) is 10.8 Å². The van der Waals surface area contributed by atoms with Crippen molar-refractivity contribution < 1.29 is 0 Å². The highest BCUT2D eigenvalue weighted by atomic mass is 35.5. The fraction of sp³-hybridized carbons (Fsp3) is 1.00. The van der Waals surface area contributed by atoms with E-state index in [0.717, 1.165) is 35.5 Å². The Kier molecular flexibility index (Phi) is 14.1. The molecule has 0 nitrogen and oxygen atoms in total. The predicted octanol–water partition coefficient (Wildman–Crippen LogP) is 15.0. The SMILES string of the molecule is CCCCCCCCC1CCC(C2CC[C@]3(CC2)C[C@@]2(CC[C@H](C4CCC(CCCCCCCC)CC4)CC2)C3(Cl)Cl)CC1. The van der Waals surface area contributed by atoms with Crippen LogP contribution in [0.15, 0.2) is 0 Å². The van der Waals surface area contributed by atoms with E-state index in [1.54, 1.807) is 0 Å². The van der Waals surface area contributed by atoms with Crippen LogP contribution in [0.4, 0.5) is 0 Å². The Morgan fingerprint density at radius 3 is 1.07 bits per heavy atom. The first-order chi connectivity index (χ1) is 21.4. The van der Waals surface area contributed by atoms with E-state index < -0.39 is 4.33 Å². The number of alkyl halides is 2. The van der Waals surface area contributed by atoms with Crippen LogP contribution in [0.25, 0.3) is 0 Å². The van der Waals surface area contributed by atoms with Gasteiger partial charge < -0.3 is 0 Å². The van der Waals surface area contributed by atoms with Crippen LogP contribution in [0.2, 0.25) is 0 Å². The van der Waals surface area contributed by atoms with Crippen LogP contribution in [-0.4, -0.2) is 4.33 Å². The van der Waals surface area contributed by atoms with Crippen molar-refractivity contribution in [2.45, 2.75) is 217 Å². The van der Waals surface area contributed by atoms with Gasteiger partial charge in [-0.2, -0.15) is 0 Å². The van der Waals surface area contributed by atoms with Crippen LogP contribution >= 0.6 is 23.2 Å². The van der Waals surface area contributed by atoms with E-state index in [1.165, 1.54) is 199 Å². The molecular weight excluding hydrogens is 575 g/mol. The van der Waals surface area contributed by atoms with Crippen molar-refractivity contribution in [3.05, 3.63) is 0 Å². The van der Waals surface area contributed by atoms with Crippen molar-refractivity contribution >= 4 is 23.2 Å².